The Hall–Kier alpha value is -1.26. The average Bonchev–Trinajstić information content (AvgIpc) is 2.38. The summed E-state index contributed by atoms with van der Waals surface area (Å²) in [6.45, 7) is 3.71. The van der Waals surface area contributed by atoms with Crippen molar-refractivity contribution in [1.29, 1.82) is 0 Å². The minimum atomic E-state index is 0.0817. The summed E-state index contributed by atoms with van der Waals surface area (Å²) in [5, 5.41) is 0.628. The lowest BCUT2D eigenvalue weighted by Gasteiger charge is -2.18. The van der Waals surface area contributed by atoms with Crippen molar-refractivity contribution in [3.8, 4) is 0 Å². The summed E-state index contributed by atoms with van der Waals surface area (Å²) in [6, 6.07) is 5.29. The number of nitrogens with zero attached hydrogens (tertiary/aromatic N) is 1. The second-order valence-electron chi connectivity index (χ2n) is 4.40. The van der Waals surface area contributed by atoms with Gasteiger partial charge >= 0.3 is 0 Å². The molecule has 0 aliphatic carbocycles. The Balaban J connectivity index is 2.47. The number of halogens is 1. The molecular weight excluding hydrogens is 264 g/mol. The van der Waals surface area contributed by atoms with Crippen LogP contribution in [0.25, 0.3) is 0 Å². The van der Waals surface area contributed by atoms with Gasteiger partial charge in [0.05, 0.1) is 0 Å². The molecule has 0 radical (unpaired) electrons. The van der Waals surface area contributed by atoms with E-state index in [0.29, 0.717) is 36.9 Å². The second-order valence-corrected chi connectivity index (χ2v) is 4.81. The van der Waals surface area contributed by atoms with Gasteiger partial charge in [-0.3, -0.25) is 4.79 Å². The van der Waals surface area contributed by atoms with E-state index in [-0.39, 0.29) is 5.91 Å². The molecule has 1 aromatic carbocycles. The van der Waals surface area contributed by atoms with Gasteiger partial charge in [0, 0.05) is 43.9 Å². The third-order valence-corrected chi connectivity index (χ3v) is 3.16. The van der Waals surface area contributed by atoms with Crippen LogP contribution in [0.4, 0.5) is 5.69 Å². The highest BCUT2D eigenvalue weighted by atomic mass is 35.5. The van der Waals surface area contributed by atoms with E-state index in [4.69, 9.17) is 22.1 Å². The largest absolute Gasteiger partial charge is 0.399 e. The Bertz CT molecular complexity index is 424. The van der Waals surface area contributed by atoms with Crippen LogP contribution in [0.15, 0.2) is 18.2 Å². The van der Waals surface area contributed by atoms with E-state index in [1.54, 1.807) is 30.1 Å². The first-order valence-electron chi connectivity index (χ1n) is 6.40. The van der Waals surface area contributed by atoms with Gasteiger partial charge in [-0.05, 0) is 37.1 Å². The van der Waals surface area contributed by atoms with Crippen molar-refractivity contribution in [2.75, 3.05) is 26.0 Å². The van der Waals surface area contributed by atoms with E-state index < -0.39 is 0 Å². The van der Waals surface area contributed by atoms with Crippen LogP contribution in [-0.2, 0) is 16.1 Å². The van der Waals surface area contributed by atoms with Crippen LogP contribution in [0.2, 0.25) is 5.02 Å². The summed E-state index contributed by atoms with van der Waals surface area (Å²) in [5.74, 6) is 0.0817. The van der Waals surface area contributed by atoms with Gasteiger partial charge in [-0.25, -0.2) is 0 Å². The van der Waals surface area contributed by atoms with Crippen molar-refractivity contribution in [2.45, 2.75) is 26.3 Å². The Kier molecular flexibility index (Phi) is 6.67. The normalized spacial score (nSPS) is 10.5. The SMILES string of the molecule is CCOCCCC(=O)N(C)Cc1cc(N)ccc1Cl. The van der Waals surface area contributed by atoms with Crippen LogP contribution >= 0.6 is 11.6 Å². The fourth-order valence-corrected chi connectivity index (χ4v) is 1.90. The van der Waals surface area contributed by atoms with Gasteiger partial charge in [-0.1, -0.05) is 11.6 Å². The Labute approximate surface area is 119 Å². The Morgan fingerprint density at radius 2 is 2.21 bits per heavy atom. The quantitative estimate of drug-likeness (QED) is 0.619. The summed E-state index contributed by atoms with van der Waals surface area (Å²) in [6.07, 6.45) is 1.22. The number of amides is 1. The maximum absolute atomic E-state index is 11.9. The predicted octanol–water partition coefficient (Wildman–Crippen LogP) is 2.70. The molecule has 1 rings (SSSR count). The van der Waals surface area contributed by atoms with Gasteiger partial charge in [-0.15, -0.1) is 0 Å². The van der Waals surface area contributed by atoms with E-state index in [9.17, 15) is 4.79 Å². The number of hydrogen-bond acceptors (Lipinski definition) is 3. The van der Waals surface area contributed by atoms with E-state index in [1.807, 2.05) is 6.92 Å². The van der Waals surface area contributed by atoms with Crippen LogP contribution in [0.1, 0.15) is 25.3 Å². The fraction of sp³-hybridized carbons (Fsp3) is 0.500. The molecular formula is C14H21ClN2O2. The zero-order valence-corrected chi connectivity index (χ0v) is 12.2. The monoisotopic (exact) mass is 284 g/mol. The minimum Gasteiger partial charge on any atom is -0.399 e. The lowest BCUT2D eigenvalue weighted by molar-refractivity contribution is -0.130. The first kappa shape index (κ1) is 15.8. The third-order valence-electron chi connectivity index (χ3n) is 2.79. The number of anilines is 1. The molecule has 0 fully saturated rings. The topological polar surface area (TPSA) is 55.6 Å². The summed E-state index contributed by atoms with van der Waals surface area (Å²) in [4.78, 5) is 13.6. The molecule has 0 atom stereocenters. The number of nitrogen functional groups attached to an aromatic ring is 1. The number of benzene rings is 1. The van der Waals surface area contributed by atoms with Gasteiger partial charge in [0.2, 0.25) is 5.91 Å². The molecule has 0 aliphatic rings. The van der Waals surface area contributed by atoms with Crippen LogP contribution in [0.5, 0.6) is 0 Å². The average molecular weight is 285 g/mol. The Morgan fingerprint density at radius 3 is 2.89 bits per heavy atom. The van der Waals surface area contributed by atoms with E-state index in [1.165, 1.54) is 0 Å². The van der Waals surface area contributed by atoms with Gasteiger partial charge in [0.15, 0.2) is 0 Å². The van der Waals surface area contributed by atoms with Crippen molar-refractivity contribution < 1.29 is 9.53 Å². The number of nitrogens with two attached hydrogens (primary N) is 1. The smallest absolute Gasteiger partial charge is 0.222 e. The maximum atomic E-state index is 11.9. The third kappa shape index (κ3) is 5.49. The lowest BCUT2D eigenvalue weighted by atomic mass is 10.2. The van der Waals surface area contributed by atoms with Crippen molar-refractivity contribution in [3.63, 3.8) is 0 Å². The summed E-state index contributed by atoms with van der Waals surface area (Å²) < 4.78 is 5.21. The first-order valence-corrected chi connectivity index (χ1v) is 6.78. The van der Waals surface area contributed by atoms with Crippen molar-refractivity contribution >= 4 is 23.2 Å². The van der Waals surface area contributed by atoms with Crippen LogP contribution in [0.3, 0.4) is 0 Å². The number of carbonyl (C=O) groups is 1. The molecule has 0 saturated carbocycles. The van der Waals surface area contributed by atoms with Crippen LogP contribution < -0.4 is 5.73 Å². The number of rotatable bonds is 7. The van der Waals surface area contributed by atoms with Crippen molar-refractivity contribution in [1.82, 2.24) is 4.90 Å². The molecule has 0 saturated heterocycles. The molecule has 1 amide bonds. The highest BCUT2D eigenvalue weighted by Gasteiger charge is 2.11. The zero-order valence-electron chi connectivity index (χ0n) is 11.5. The summed E-state index contributed by atoms with van der Waals surface area (Å²) in [7, 11) is 1.77. The molecule has 0 spiro atoms. The predicted molar refractivity (Wildman–Crippen MR) is 78.1 cm³/mol. The zero-order chi connectivity index (χ0) is 14.3. The molecule has 0 bridgehead atoms. The van der Waals surface area contributed by atoms with Gasteiger partial charge in [-0.2, -0.15) is 0 Å². The molecule has 2 N–H and O–H groups in total. The van der Waals surface area contributed by atoms with Crippen molar-refractivity contribution in [2.24, 2.45) is 0 Å². The number of ether oxygens (including phenoxy) is 1. The van der Waals surface area contributed by atoms with Gasteiger partial charge < -0.3 is 15.4 Å². The molecule has 1 aromatic rings. The lowest BCUT2D eigenvalue weighted by Crippen LogP contribution is -2.26. The molecule has 0 aliphatic heterocycles. The van der Waals surface area contributed by atoms with Crippen LogP contribution in [-0.4, -0.2) is 31.1 Å². The van der Waals surface area contributed by atoms with Crippen molar-refractivity contribution in [3.05, 3.63) is 28.8 Å². The van der Waals surface area contributed by atoms with Gasteiger partial charge in [0.1, 0.15) is 0 Å². The standard InChI is InChI=1S/C14H21ClN2O2/c1-3-19-8-4-5-14(18)17(2)10-11-9-12(16)6-7-13(11)15/h6-7,9H,3-5,8,10,16H2,1-2H3. The molecule has 0 heterocycles. The Morgan fingerprint density at radius 1 is 1.47 bits per heavy atom. The van der Waals surface area contributed by atoms with E-state index in [2.05, 4.69) is 0 Å². The highest BCUT2D eigenvalue weighted by molar-refractivity contribution is 6.31. The first-order chi connectivity index (χ1) is 9.04. The summed E-state index contributed by atoms with van der Waals surface area (Å²) in [5.41, 5.74) is 7.23. The second kappa shape index (κ2) is 8.02. The molecule has 106 valence electrons. The van der Waals surface area contributed by atoms with Crippen LogP contribution in [0, 0.1) is 0 Å². The molecule has 4 nitrogen and oxygen atoms in total. The molecule has 0 aromatic heterocycles. The van der Waals surface area contributed by atoms with E-state index in [0.717, 1.165) is 12.0 Å². The summed E-state index contributed by atoms with van der Waals surface area (Å²) >= 11 is 6.08. The van der Waals surface area contributed by atoms with E-state index >= 15 is 0 Å². The molecule has 19 heavy (non-hydrogen) atoms. The minimum absolute atomic E-state index is 0.0817. The number of hydrogen-bond donors (Lipinski definition) is 1. The molecule has 5 heteroatoms. The highest BCUT2D eigenvalue weighted by Crippen LogP contribution is 2.20. The molecule has 0 unspecified atom stereocenters. The fourth-order valence-electron chi connectivity index (χ4n) is 1.72. The number of carbonyl (C=O) groups excluding carboxylic acids is 1. The maximum Gasteiger partial charge on any atom is 0.222 e. The van der Waals surface area contributed by atoms with Gasteiger partial charge in [0.25, 0.3) is 0 Å².